The fourth-order valence-electron chi connectivity index (χ4n) is 4.40. The molecule has 29 heavy (non-hydrogen) atoms. The van der Waals surface area contributed by atoms with Gasteiger partial charge in [0.2, 0.25) is 0 Å². The van der Waals surface area contributed by atoms with Gasteiger partial charge in [0.1, 0.15) is 11.6 Å². The highest BCUT2D eigenvalue weighted by atomic mass is 19.1. The molecule has 1 aliphatic carbocycles. The topological polar surface area (TPSA) is 56.0 Å². The Morgan fingerprint density at radius 2 is 1.83 bits per heavy atom. The van der Waals surface area contributed by atoms with E-state index in [1.165, 1.54) is 31.4 Å². The number of halogens is 2. The molecule has 3 nitrogen and oxygen atoms in total. The van der Waals surface area contributed by atoms with E-state index in [1.54, 1.807) is 36.7 Å². The maximum atomic E-state index is 14.9. The molecule has 4 rings (SSSR count). The van der Waals surface area contributed by atoms with Gasteiger partial charge in [0.25, 0.3) is 0 Å². The normalized spacial score (nSPS) is 16.1. The number of hydrogen-bond donors (Lipinski definition) is 1. The first-order chi connectivity index (χ1) is 14.0. The Morgan fingerprint density at radius 3 is 2.55 bits per heavy atom. The third-order valence-electron chi connectivity index (χ3n) is 5.96. The smallest absolute Gasteiger partial charge is 0.199 e. The minimum absolute atomic E-state index is 0.252. The highest BCUT2D eigenvalue weighted by Crippen LogP contribution is 2.32. The minimum atomic E-state index is -0.866. The highest BCUT2D eigenvalue weighted by Gasteiger charge is 2.24. The van der Waals surface area contributed by atoms with Gasteiger partial charge in [-0.1, -0.05) is 50.3 Å². The van der Waals surface area contributed by atoms with Crippen molar-refractivity contribution >= 4 is 16.6 Å². The number of pyridine rings is 1. The number of benzene rings is 2. The van der Waals surface area contributed by atoms with Crippen LogP contribution in [0.4, 0.5) is 8.78 Å². The Hall–Kier alpha value is -2.66. The monoisotopic (exact) mass is 394 g/mol. The van der Waals surface area contributed by atoms with Crippen LogP contribution < -0.4 is 5.73 Å². The summed E-state index contributed by atoms with van der Waals surface area (Å²) in [4.78, 5) is 17.0. The van der Waals surface area contributed by atoms with Crippen LogP contribution in [0.25, 0.3) is 10.8 Å². The van der Waals surface area contributed by atoms with Crippen LogP contribution >= 0.6 is 0 Å². The average Bonchev–Trinajstić information content (AvgIpc) is 2.73. The van der Waals surface area contributed by atoms with Crippen molar-refractivity contribution in [3.05, 3.63) is 77.1 Å². The minimum Gasteiger partial charge on any atom is -0.324 e. The van der Waals surface area contributed by atoms with E-state index in [1.807, 2.05) is 0 Å². The van der Waals surface area contributed by atoms with Gasteiger partial charge < -0.3 is 5.73 Å². The highest BCUT2D eigenvalue weighted by molar-refractivity contribution is 6.16. The number of rotatable bonds is 5. The Kier molecular flexibility index (Phi) is 5.67. The molecule has 0 saturated heterocycles. The van der Waals surface area contributed by atoms with E-state index < -0.39 is 29.0 Å². The predicted octanol–water partition coefficient (Wildman–Crippen LogP) is 5.71. The summed E-state index contributed by atoms with van der Waals surface area (Å²) >= 11 is 0. The van der Waals surface area contributed by atoms with Crippen molar-refractivity contribution in [1.29, 1.82) is 0 Å². The van der Waals surface area contributed by atoms with E-state index >= 15 is 0 Å². The van der Waals surface area contributed by atoms with Crippen LogP contribution in [0.3, 0.4) is 0 Å². The molecule has 5 heteroatoms. The molecule has 3 aromatic rings. The van der Waals surface area contributed by atoms with E-state index in [-0.39, 0.29) is 5.56 Å². The molecule has 0 radical (unpaired) electrons. The first-order valence-electron chi connectivity index (χ1n) is 10.2. The third kappa shape index (κ3) is 4.06. The zero-order chi connectivity index (χ0) is 20.4. The quantitative estimate of drug-likeness (QED) is 0.564. The van der Waals surface area contributed by atoms with Crippen LogP contribution in [0.1, 0.15) is 66.1 Å². The molecule has 1 atom stereocenters. The number of carbonyl (C=O) groups excluding carboxylic acids is 1. The average molecular weight is 394 g/mol. The van der Waals surface area contributed by atoms with Gasteiger partial charge in [-0.05, 0) is 41.5 Å². The number of fused-ring (bicyclic) bond motifs is 1. The van der Waals surface area contributed by atoms with E-state index in [2.05, 4.69) is 4.98 Å². The SMILES string of the molecule is NC(CC1CCCCC1)c1cc(F)c(C(=O)c2cccc3cnccc23)c(F)c1. The molecule has 0 aliphatic heterocycles. The zero-order valence-electron chi connectivity index (χ0n) is 16.2. The Morgan fingerprint density at radius 1 is 1.10 bits per heavy atom. The second-order valence-electron chi connectivity index (χ2n) is 7.94. The number of ketones is 1. The lowest BCUT2D eigenvalue weighted by Crippen LogP contribution is -2.19. The first kappa shape index (κ1) is 19.6. The number of nitrogens with two attached hydrogens (primary N) is 1. The van der Waals surface area contributed by atoms with Crippen molar-refractivity contribution in [2.45, 2.75) is 44.6 Å². The lowest BCUT2D eigenvalue weighted by Gasteiger charge is -2.25. The summed E-state index contributed by atoms with van der Waals surface area (Å²) in [5.74, 6) is -1.91. The first-order valence-corrected chi connectivity index (χ1v) is 10.2. The molecule has 0 amide bonds. The van der Waals surface area contributed by atoms with Gasteiger partial charge in [0, 0.05) is 29.4 Å². The predicted molar refractivity (Wildman–Crippen MR) is 110 cm³/mol. The zero-order valence-corrected chi connectivity index (χ0v) is 16.2. The molecular formula is C24H24F2N2O. The fourth-order valence-corrected chi connectivity index (χ4v) is 4.40. The van der Waals surface area contributed by atoms with Crippen LogP contribution in [0.5, 0.6) is 0 Å². The summed E-state index contributed by atoms with van der Waals surface area (Å²) in [6, 6.07) is 8.74. The summed E-state index contributed by atoms with van der Waals surface area (Å²) < 4.78 is 29.7. The van der Waals surface area contributed by atoms with Gasteiger partial charge in [-0.15, -0.1) is 0 Å². The molecule has 2 N–H and O–H groups in total. The largest absolute Gasteiger partial charge is 0.324 e. The molecule has 1 heterocycles. The molecule has 150 valence electrons. The van der Waals surface area contributed by atoms with Crippen LogP contribution in [0, 0.1) is 17.6 Å². The number of hydrogen-bond acceptors (Lipinski definition) is 3. The lowest BCUT2D eigenvalue weighted by molar-refractivity contribution is 0.103. The number of nitrogens with zero attached hydrogens (tertiary/aromatic N) is 1. The fraction of sp³-hybridized carbons (Fsp3) is 0.333. The molecule has 1 saturated carbocycles. The maximum absolute atomic E-state index is 14.9. The van der Waals surface area contributed by atoms with Crippen molar-refractivity contribution in [3.8, 4) is 0 Å². The maximum Gasteiger partial charge on any atom is 0.199 e. The Balaban J connectivity index is 1.63. The molecule has 2 aromatic carbocycles. The number of aromatic nitrogens is 1. The van der Waals surface area contributed by atoms with Gasteiger partial charge in [-0.3, -0.25) is 9.78 Å². The van der Waals surface area contributed by atoms with Crippen LogP contribution in [0.2, 0.25) is 0 Å². The van der Waals surface area contributed by atoms with Gasteiger partial charge in [0.15, 0.2) is 5.78 Å². The molecule has 1 aliphatic rings. The Bertz CT molecular complexity index is 1020. The standard InChI is InChI=1S/C24H24F2N2O/c25-20-12-17(22(27)11-15-5-2-1-3-6-15)13-21(26)23(20)24(29)19-8-4-7-16-14-28-10-9-18(16)19/h4,7-10,12-15,22H,1-3,5-6,11,27H2. The molecule has 1 aromatic heterocycles. The lowest BCUT2D eigenvalue weighted by atomic mass is 9.83. The van der Waals surface area contributed by atoms with Crippen LogP contribution in [-0.4, -0.2) is 10.8 Å². The molecule has 1 fully saturated rings. The van der Waals surface area contributed by atoms with Crippen molar-refractivity contribution < 1.29 is 13.6 Å². The summed E-state index contributed by atoms with van der Waals surface area (Å²) in [7, 11) is 0. The molecule has 0 spiro atoms. The second-order valence-corrected chi connectivity index (χ2v) is 7.94. The van der Waals surface area contributed by atoms with Gasteiger partial charge in [-0.25, -0.2) is 8.78 Å². The Labute approximate surface area is 169 Å². The summed E-state index contributed by atoms with van der Waals surface area (Å²) in [5, 5.41) is 1.36. The van der Waals surface area contributed by atoms with Gasteiger partial charge >= 0.3 is 0 Å². The summed E-state index contributed by atoms with van der Waals surface area (Å²) in [6.45, 7) is 0. The summed E-state index contributed by atoms with van der Waals surface area (Å²) in [5.41, 5.74) is 6.37. The van der Waals surface area contributed by atoms with Gasteiger partial charge in [0.05, 0.1) is 5.56 Å². The van der Waals surface area contributed by atoms with Crippen molar-refractivity contribution in [2.75, 3.05) is 0 Å². The molecule has 0 bridgehead atoms. The summed E-state index contributed by atoms with van der Waals surface area (Å²) in [6.07, 6.45) is 9.74. The van der Waals surface area contributed by atoms with Crippen molar-refractivity contribution in [1.82, 2.24) is 4.98 Å². The van der Waals surface area contributed by atoms with Gasteiger partial charge in [-0.2, -0.15) is 0 Å². The van der Waals surface area contributed by atoms with E-state index in [0.717, 1.165) is 18.2 Å². The second kappa shape index (κ2) is 8.37. The van der Waals surface area contributed by atoms with E-state index in [4.69, 9.17) is 5.73 Å². The van der Waals surface area contributed by atoms with E-state index in [0.29, 0.717) is 23.3 Å². The van der Waals surface area contributed by atoms with Crippen molar-refractivity contribution in [2.24, 2.45) is 11.7 Å². The molecular weight excluding hydrogens is 370 g/mol. The van der Waals surface area contributed by atoms with Crippen LogP contribution in [0.15, 0.2) is 48.8 Å². The van der Waals surface area contributed by atoms with E-state index in [9.17, 15) is 13.6 Å². The molecule has 1 unspecified atom stereocenters. The van der Waals surface area contributed by atoms with Crippen LogP contribution in [-0.2, 0) is 0 Å². The third-order valence-corrected chi connectivity index (χ3v) is 5.96. The van der Waals surface area contributed by atoms with Crippen molar-refractivity contribution in [3.63, 3.8) is 0 Å². The number of carbonyl (C=O) groups is 1.